The molecule has 1 atom stereocenters. The maximum atomic E-state index is 12.5. The standard InChI is InChI=1S/C20H17N3O4/c24-18-9-15(19-21-20(27-22-19)14-4-2-1-3-5-14)11-23(18)10-13-6-7-16-17(8-13)26-12-25-16/h1-8,15H,9-12H2. The van der Waals surface area contributed by atoms with Gasteiger partial charge in [-0.1, -0.05) is 29.4 Å². The first kappa shape index (κ1) is 15.9. The Kier molecular flexibility index (Phi) is 3.78. The third kappa shape index (κ3) is 3.01. The quantitative estimate of drug-likeness (QED) is 0.709. The van der Waals surface area contributed by atoms with Crippen LogP contribution in [0.1, 0.15) is 23.7 Å². The summed E-state index contributed by atoms with van der Waals surface area (Å²) in [5.74, 6) is 2.55. The molecule has 7 heteroatoms. The van der Waals surface area contributed by atoms with Crippen molar-refractivity contribution in [2.75, 3.05) is 13.3 Å². The molecule has 0 radical (unpaired) electrons. The van der Waals surface area contributed by atoms with Crippen molar-refractivity contribution in [3.05, 3.63) is 59.9 Å². The molecule has 7 nitrogen and oxygen atoms in total. The Morgan fingerprint density at radius 1 is 1.07 bits per heavy atom. The van der Waals surface area contributed by atoms with Gasteiger partial charge in [0, 0.05) is 31.0 Å². The van der Waals surface area contributed by atoms with Gasteiger partial charge in [0.15, 0.2) is 17.3 Å². The van der Waals surface area contributed by atoms with E-state index in [1.165, 1.54) is 0 Å². The summed E-state index contributed by atoms with van der Waals surface area (Å²) in [6, 6.07) is 15.4. The molecule has 2 aliphatic heterocycles. The van der Waals surface area contributed by atoms with Crippen molar-refractivity contribution in [1.29, 1.82) is 0 Å². The molecule has 0 N–H and O–H groups in total. The summed E-state index contributed by atoms with van der Waals surface area (Å²) >= 11 is 0. The van der Waals surface area contributed by atoms with Gasteiger partial charge >= 0.3 is 0 Å². The Hall–Kier alpha value is -3.35. The molecule has 3 aromatic rings. The van der Waals surface area contributed by atoms with Crippen LogP contribution in [0.2, 0.25) is 0 Å². The first-order chi connectivity index (χ1) is 13.3. The minimum absolute atomic E-state index is 0.0623. The van der Waals surface area contributed by atoms with Crippen LogP contribution >= 0.6 is 0 Å². The number of likely N-dealkylation sites (tertiary alicyclic amines) is 1. The van der Waals surface area contributed by atoms with Gasteiger partial charge in [-0.2, -0.15) is 4.98 Å². The molecular weight excluding hydrogens is 346 g/mol. The van der Waals surface area contributed by atoms with Gasteiger partial charge < -0.3 is 18.9 Å². The molecule has 27 heavy (non-hydrogen) atoms. The average molecular weight is 363 g/mol. The van der Waals surface area contributed by atoms with Crippen molar-refractivity contribution in [2.45, 2.75) is 18.9 Å². The topological polar surface area (TPSA) is 77.7 Å². The third-order valence-electron chi connectivity index (χ3n) is 4.85. The lowest BCUT2D eigenvalue weighted by atomic mass is 10.1. The summed E-state index contributed by atoms with van der Waals surface area (Å²) in [5.41, 5.74) is 1.88. The van der Waals surface area contributed by atoms with E-state index in [1.807, 2.05) is 53.4 Å². The molecule has 0 bridgehead atoms. The van der Waals surface area contributed by atoms with E-state index < -0.39 is 0 Å². The number of aromatic nitrogens is 2. The molecule has 1 fully saturated rings. The molecule has 0 aliphatic carbocycles. The van der Waals surface area contributed by atoms with E-state index in [0.717, 1.165) is 22.6 Å². The normalized spacial score (nSPS) is 18.3. The van der Waals surface area contributed by atoms with Gasteiger partial charge in [0.25, 0.3) is 5.89 Å². The largest absolute Gasteiger partial charge is 0.454 e. The van der Waals surface area contributed by atoms with Crippen LogP contribution in [0.25, 0.3) is 11.5 Å². The molecule has 1 saturated heterocycles. The molecule has 0 saturated carbocycles. The van der Waals surface area contributed by atoms with Crippen LogP contribution in [0.3, 0.4) is 0 Å². The second-order valence-corrected chi connectivity index (χ2v) is 6.69. The number of rotatable bonds is 4. The molecule has 1 unspecified atom stereocenters. The summed E-state index contributed by atoms with van der Waals surface area (Å²) in [7, 11) is 0. The van der Waals surface area contributed by atoms with Crippen LogP contribution in [0.5, 0.6) is 11.5 Å². The Bertz CT molecular complexity index is 986. The Morgan fingerprint density at radius 2 is 1.93 bits per heavy atom. The molecule has 0 spiro atoms. The number of carbonyl (C=O) groups excluding carboxylic acids is 1. The number of hydrogen-bond acceptors (Lipinski definition) is 6. The summed E-state index contributed by atoms with van der Waals surface area (Å²) in [5, 5.41) is 4.10. The van der Waals surface area contributed by atoms with E-state index in [2.05, 4.69) is 10.1 Å². The first-order valence-electron chi connectivity index (χ1n) is 8.81. The van der Waals surface area contributed by atoms with Gasteiger partial charge in [0.2, 0.25) is 12.7 Å². The number of fused-ring (bicyclic) bond motifs is 1. The smallest absolute Gasteiger partial charge is 0.257 e. The lowest BCUT2D eigenvalue weighted by Gasteiger charge is -2.16. The van der Waals surface area contributed by atoms with Gasteiger partial charge in [-0.25, -0.2) is 0 Å². The summed E-state index contributed by atoms with van der Waals surface area (Å²) in [6.45, 7) is 1.33. The maximum Gasteiger partial charge on any atom is 0.257 e. The predicted octanol–water partition coefficient (Wildman–Crippen LogP) is 2.98. The molecule has 2 aromatic carbocycles. The zero-order valence-electron chi connectivity index (χ0n) is 14.5. The van der Waals surface area contributed by atoms with E-state index in [0.29, 0.717) is 31.2 Å². The molecule has 5 rings (SSSR count). The summed E-state index contributed by atoms with van der Waals surface area (Å²) in [6.07, 6.45) is 0.387. The number of nitrogens with zero attached hydrogens (tertiary/aromatic N) is 3. The van der Waals surface area contributed by atoms with Gasteiger partial charge in [-0.3, -0.25) is 4.79 Å². The molecular formula is C20H17N3O4. The minimum atomic E-state index is -0.0623. The van der Waals surface area contributed by atoms with Crippen LogP contribution in [0.15, 0.2) is 53.1 Å². The first-order valence-corrected chi connectivity index (χ1v) is 8.81. The fourth-order valence-corrected chi connectivity index (χ4v) is 3.46. The van der Waals surface area contributed by atoms with Crippen molar-refractivity contribution in [3.8, 4) is 23.0 Å². The zero-order valence-corrected chi connectivity index (χ0v) is 14.5. The molecule has 2 aliphatic rings. The molecule has 1 aromatic heterocycles. The fourth-order valence-electron chi connectivity index (χ4n) is 3.46. The average Bonchev–Trinajstić information content (AvgIpc) is 3.42. The highest BCUT2D eigenvalue weighted by molar-refractivity contribution is 5.79. The summed E-state index contributed by atoms with van der Waals surface area (Å²) in [4.78, 5) is 18.8. The van der Waals surface area contributed by atoms with Crippen molar-refractivity contribution in [3.63, 3.8) is 0 Å². The number of carbonyl (C=O) groups is 1. The maximum absolute atomic E-state index is 12.5. The molecule has 136 valence electrons. The fraction of sp³-hybridized carbons (Fsp3) is 0.250. The lowest BCUT2D eigenvalue weighted by Crippen LogP contribution is -2.24. The lowest BCUT2D eigenvalue weighted by molar-refractivity contribution is -0.128. The summed E-state index contributed by atoms with van der Waals surface area (Å²) < 4.78 is 16.1. The SMILES string of the molecule is O=C1CC(c2noc(-c3ccccc3)n2)CN1Cc1ccc2c(c1)OCO2. The van der Waals surface area contributed by atoms with E-state index in [4.69, 9.17) is 14.0 Å². The van der Waals surface area contributed by atoms with Crippen molar-refractivity contribution < 1.29 is 18.8 Å². The van der Waals surface area contributed by atoms with E-state index in [9.17, 15) is 4.79 Å². The monoisotopic (exact) mass is 363 g/mol. The third-order valence-corrected chi connectivity index (χ3v) is 4.85. The zero-order chi connectivity index (χ0) is 18.2. The van der Waals surface area contributed by atoms with Crippen LogP contribution in [-0.2, 0) is 11.3 Å². The number of amides is 1. The predicted molar refractivity (Wildman–Crippen MR) is 95.1 cm³/mol. The van der Waals surface area contributed by atoms with Gasteiger partial charge in [0.1, 0.15) is 0 Å². The van der Waals surface area contributed by atoms with Crippen LogP contribution in [-0.4, -0.2) is 34.3 Å². The van der Waals surface area contributed by atoms with E-state index >= 15 is 0 Å². The number of ether oxygens (including phenoxy) is 2. The highest BCUT2D eigenvalue weighted by atomic mass is 16.7. The van der Waals surface area contributed by atoms with Crippen molar-refractivity contribution in [2.24, 2.45) is 0 Å². The highest BCUT2D eigenvalue weighted by Gasteiger charge is 2.34. The Labute approximate surface area is 155 Å². The van der Waals surface area contributed by atoms with Crippen molar-refractivity contribution in [1.82, 2.24) is 15.0 Å². The molecule has 3 heterocycles. The second-order valence-electron chi connectivity index (χ2n) is 6.69. The van der Waals surface area contributed by atoms with Gasteiger partial charge in [-0.15, -0.1) is 0 Å². The number of benzene rings is 2. The number of hydrogen-bond donors (Lipinski definition) is 0. The van der Waals surface area contributed by atoms with Crippen LogP contribution in [0.4, 0.5) is 0 Å². The van der Waals surface area contributed by atoms with Crippen LogP contribution < -0.4 is 9.47 Å². The minimum Gasteiger partial charge on any atom is -0.454 e. The highest BCUT2D eigenvalue weighted by Crippen LogP contribution is 2.34. The van der Waals surface area contributed by atoms with E-state index in [1.54, 1.807) is 0 Å². The Morgan fingerprint density at radius 3 is 2.81 bits per heavy atom. The van der Waals surface area contributed by atoms with E-state index in [-0.39, 0.29) is 18.6 Å². The molecule has 1 amide bonds. The van der Waals surface area contributed by atoms with Gasteiger partial charge in [0.05, 0.1) is 0 Å². The van der Waals surface area contributed by atoms with Gasteiger partial charge in [-0.05, 0) is 29.8 Å². The Balaban J connectivity index is 1.30. The second kappa shape index (κ2) is 6.42. The van der Waals surface area contributed by atoms with Crippen molar-refractivity contribution >= 4 is 5.91 Å². The van der Waals surface area contributed by atoms with Crippen LogP contribution in [0, 0.1) is 0 Å².